The van der Waals surface area contributed by atoms with Crippen molar-refractivity contribution < 1.29 is 51.4 Å². The minimum absolute atomic E-state index is 0.00295. The molecule has 388 valence electrons. The van der Waals surface area contributed by atoms with Crippen molar-refractivity contribution in [3.63, 3.8) is 0 Å². The molecule has 6 aromatic rings. The van der Waals surface area contributed by atoms with Gasteiger partial charge in [-0.1, -0.05) is 29.3 Å². The Hall–Kier alpha value is -8.33. The molecule has 3 N–H and O–H groups in total. The number of fused-ring (bicyclic) bond motifs is 2. The number of carbonyl (C=O) groups excluding carboxylic acids is 6. The van der Waals surface area contributed by atoms with Crippen LogP contribution < -0.4 is 16.0 Å². The topological polar surface area (TPSA) is 228 Å². The Morgan fingerprint density at radius 3 is 2.56 bits per heavy atom. The van der Waals surface area contributed by atoms with Gasteiger partial charge in [-0.15, -0.1) is 5.10 Å². The largest absolute Gasteiger partial charge is 0.416 e. The van der Waals surface area contributed by atoms with E-state index < -0.39 is 47.3 Å². The third-order valence-electron chi connectivity index (χ3n) is 12.9. The number of ether oxygens (including phenoxy) is 2. The number of halogens is 3. The van der Waals surface area contributed by atoms with E-state index >= 15 is 0 Å². The van der Waals surface area contributed by atoms with Crippen LogP contribution in [0.2, 0.25) is 0 Å². The molecule has 3 aromatic carbocycles. The molecule has 23 heteroatoms. The van der Waals surface area contributed by atoms with Crippen LogP contribution in [-0.4, -0.2) is 138 Å². The SMILES string of the molecule is Cc1ccc(C(=O)Nc2ccc(CN3CCN(C(=O)CCCc4cn(COCCOCCNc5cccc6c5C(=O)N(C5CCC(=O)NC5=O)C6=O)nn4)CC3)c(C(F)(F)F)c2)cc1C#Cc1cnc2cccnn12. The molecule has 2 fully saturated rings. The van der Waals surface area contributed by atoms with E-state index in [1.54, 1.807) is 70.5 Å². The summed E-state index contributed by atoms with van der Waals surface area (Å²) in [4.78, 5) is 85.6. The maximum Gasteiger partial charge on any atom is 0.416 e. The summed E-state index contributed by atoms with van der Waals surface area (Å²) in [6.07, 6.45) is 1.65. The summed E-state index contributed by atoms with van der Waals surface area (Å²) in [5, 5.41) is 20.4. The predicted octanol–water partition coefficient (Wildman–Crippen LogP) is 4.47. The van der Waals surface area contributed by atoms with Crippen molar-refractivity contribution in [2.24, 2.45) is 0 Å². The van der Waals surface area contributed by atoms with E-state index in [0.29, 0.717) is 73.9 Å². The summed E-state index contributed by atoms with van der Waals surface area (Å²) in [5.41, 5.74) is 3.45. The van der Waals surface area contributed by atoms with Crippen molar-refractivity contribution in [3.05, 3.63) is 136 Å². The number of hydrogen-bond acceptors (Lipinski definition) is 14. The van der Waals surface area contributed by atoms with Crippen LogP contribution >= 0.6 is 0 Å². The molecule has 3 aliphatic rings. The number of aryl methyl sites for hydroxylation is 2. The van der Waals surface area contributed by atoms with Gasteiger partial charge in [-0.25, -0.2) is 14.2 Å². The van der Waals surface area contributed by atoms with Gasteiger partial charge >= 0.3 is 6.18 Å². The van der Waals surface area contributed by atoms with Crippen molar-refractivity contribution in [3.8, 4) is 11.8 Å². The fourth-order valence-electron chi connectivity index (χ4n) is 8.99. The van der Waals surface area contributed by atoms with Gasteiger partial charge in [0, 0.05) is 80.8 Å². The van der Waals surface area contributed by atoms with Crippen molar-refractivity contribution in [1.82, 2.24) is 49.6 Å². The first-order chi connectivity index (χ1) is 36.2. The van der Waals surface area contributed by atoms with Gasteiger partial charge in [0.15, 0.2) is 5.65 Å². The van der Waals surface area contributed by atoms with E-state index in [1.165, 1.54) is 22.9 Å². The summed E-state index contributed by atoms with van der Waals surface area (Å²) in [6, 6.07) is 16.0. The van der Waals surface area contributed by atoms with Crippen LogP contribution in [0.4, 0.5) is 24.5 Å². The standard InChI is InChI=1S/C52H51F3N12O8/c1-33-10-11-35(27-34(33)13-15-39-29-57-44-8-4-18-58-67(39)44)48(70)59-37-14-12-36(41(28-37)52(53,54)55)30-63-20-22-64(23-21-63)46(69)9-2-5-38-31-65(62-61-38)32-75-26-25-74-24-19-56-42-7-3-6-40-47(42)51(73)66(50(40)72)43-16-17-45(68)60-49(43)71/h3-4,6-8,10-12,14,18,27-29,31,43,56H,2,5,9,16-17,19-26,30,32H2,1H3,(H,59,70)(H,60,68,71). The molecule has 75 heavy (non-hydrogen) atoms. The lowest BCUT2D eigenvalue weighted by molar-refractivity contribution is -0.139. The van der Waals surface area contributed by atoms with Crippen molar-refractivity contribution >= 4 is 52.5 Å². The number of aromatic nitrogens is 6. The first-order valence-corrected chi connectivity index (χ1v) is 24.3. The molecular weight excluding hydrogens is 978 g/mol. The Labute approximate surface area is 427 Å². The number of alkyl halides is 3. The number of imidazole rings is 1. The summed E-state index contributed by atoms with van der Waals surface area (Å²) in [6.45, 7) is 4.57. The number of anilines is 2. The second kappa shape index (κ2) is 22.8. The Bertz CT molecular complexity index is 3230. The zero-order chi connectivity index (χ0) is 52.6. The van der Waals surface area contributed by atoms with Crippen LogP contribution in [0.3, 0.4) is 0 Å². The Kier molecular flexibility index (Phi) is 15.7. The molecule has 20 nitrogen and oxygen atoms in total. The maximum absolute atomic E-state index is 14.4. The molecule has 0 saturated carbocycles. The Balaban J connectivity index is 0.661. The zero-order valence-electron chi connectivity index (χ0n) is 40.7. The van der Waals surface area contributed by atoms with Gasteiger partial charge in [-0.05, 0) is 91.8 Å². The van der Waals surface area contributed by atoms with Gasteiger partial charge in [0.25, 0.3) is 17.7 Å². The van der Waals surface area contributed by atoms with Crippen LogP contribution in [0.1, 0.15) is 90.4 Å². The second-order valence-electron chi connectivity index (χ2n) is 18.1. The number of hydrogen-bond donors (Lipinski definition) is 3. The number of imide groups is 2. The van der Waals surface area contributed by atoms with Gasteiger partial charge in [-0.3, -0.25) is 43.9 Å². The normalized spacial score (nSPS) is 16.0. The zero-order valence-corrected chi connectivity index (χ0v) is 40.7. The maximum atomic E-state index is 14.4. The number of benzene rings is 3. The highest BCUT2D eigenvalue weighted by Gasteiger charge is 2.45. The summed E-state index contributed by atoms with van der Waals surface area (Å²) in [5.74, 6) is 3.14. The quantitative estimate of drug-likeness (QED) is 0.0614. The molecule has 0 spiro atoms. The molecule has 9 rings (SSSR count). The van der Waals surface area contributed by atoms with Gasteiger partial charge in [0.05, 0.1) is 54.6 Å². The van der Waals surface area contributed by atoms with Crippen LogP contribution in [0.5, 0.6) is 0 Å². The van der Waals surface area contributed by atoms with E-state index in [0.717, 1.165) is 16.5 Å². The molecule has 6 amide bonds. The fourth-order valence-corrected chi connectivity index (χ4v) is 8.99. The van der Waals surface area contributed by atoms with Crippen molar-refractivity contribution in [1.29, 1.82) is 0 Å². The molecule has 6 heterocycles. The number of amides is 6. The molecule has 3 aliphatic heterocycles. The van der Waals surface area contributed by atoms with E-state index in [-0.39, 0.29) is 86.2 Å². The average molecular weight is 1030 g/mol. The summed E-state index contributed by atoms with van der Waals surface area (Å²) < 4.78 is 57.8. The predicted molar refractivity (Wildman–Crippen MR) is 263 cm³/mol. The second-order valence-corrected chi connectivity index (χ2v) is 18.1. The van der Waals surface area contributed by atoms with Crippen LogP contribution in [0, 0.1) is 18.8 Å². The molecule has 0 radical (unpaired) electrons. The molecule has 0 aliphatic carbocycles. The highest BCUT2D eigenvalue weighted by molar-refractivity contribution is 6.25. The van der Waals surface area contributed by atoms with E-state index in [2.05, 4.69) is 48.2 Å². The first-order valence-electron chi connectivity index (χ1n) is 24.3. The van der Waals surface area contributed by atoms with E-state index in [9.17, 15) is 41.9 Å². The first kappa shape index (κ1) is 51.6. The number of piperazine rings is 1. The van der Waals surface area contributed by atoms with Crippen LogP contribution in [-0.2, 0) is 49.7 Å². The monoisotopic (exact) mass is 1030 g/mol. The highest BCUT2D eigenvalue weighted by atomic mass is 19.4. The lowest BCUT2D eigenvalue weighted by Crippen LogP contribution is -2.54. The average Bonchev–Trinajstić information content (AvgIpc) is 4.10. The van der Waals surface area contributed by atoms with Gasteiger partial charge < -0.3 is 25.0 Å². The van der Waals surface area contributed by atoms with Crippen LogP contribution in [0.15, 0.2) is 85.3 Å². The molecule has 3 aromatic heterocycles. The third kappa shape index (κ3) is 12.2. The number of piperidine rings is 1. The Morgan fingerprint density at radius 2 is 1.75 bits per heavy atom. The lowest BCUT2D eigenvalue weighted by atomic mass is 10.0. The van der Waals surface area contributed by atoms with Gasteiger partial charge in [0.1, 0.15) is 18.5 Å². The van der Waals surface area contributed by atoms with Gasteiger partial charge in [0.2, 0.25) is 17.7 Å². The summed E-state index contributed by atoms with van der Waals surface area (Å²) >= 11 is 0. The number of nitrogens with one attached hydrogen (secondary N) is 3. The fraction of sp³-hybridized carbons (Fsp3) is 0.346. The minimum atomic E-state index is -4.68. The molecule has 0 bridgehead atoms. The summed E-state index contributed by atoms with van der Waals surface area (Å²) in [7, 11) is 0. The highest BCUT2D eigenvalue weighted by Crippen LogP contribution is 2.35. The molecular formula is C52H51F3N12O8. The Morgan fingerprint density at radius 1 is 0.920 bits per heavy atom. The smallest absolute Gasteiger partial charge is 0.382 e. The van der Waals surface area contributed by atoms with E-state index in [1.807, 2.05) is 11.8 Å². The number of rotatable bonds is 18. The third-order valence-corrected chi connectivity index (χ3v) is 12.9. The molecule has 1 atom stereocenters. The van der Waals surface area contributed by atoms with Gasteiger partial charge in [-0.2, -0.15) is 18.3 Å². The molecule has 1 unspecified atom stereocenters. The number of carbonyl (C=O) groups is 6. The number of nitrogens with zero attached hydrogens (tertiary/aromatic N) is 9. The lowest BCUT2D eigenvalue weighted by Gasteiger charge is -2.35. The molecule has 2 saturated heterocycles. The van der Waals surface area contributed by atoms with Crippen LogP contribution in [0.25, 0.3) is 5.65 Å². The minimum Gasteiger partial charge on any atom is -0.382 e. The van der Waals surface area contributed by atoms with Crippen molar-refractivity contribution in [2.45, 2.75) is 64.5 Å². The van der Waals surface area contributed by atoms with E-state index in [4.69, 9.17) is 9.47 Å². The van der Waals surface area contributed by atoms with Crippen molar-refractivity contribution in [2.75, 3.05) is 63.2 Å².